The summed E-state index contributed by atoms with van der Waals surface area (Å²) in [5.74, 6) is 0. The lowest BCUT2D eigenvalue weighted by Gasteiger charge is -2.08. The van der Waals surface area contributed by atoms with E-state index in [1.165, 1.54) is 0 Å². The third kappa shape index (κ3) is 11.6. The molecule has 7 nitrogen and oxygen atoms in total. The van der Waals surface area contributed by atoms with Crippen LogP contribution in [0.25, 0.3) is 0 Å². The summed E-state index contributed by atoms with van der Waals surface area (Å²) >= 11 is 0. The van der Waals surface area contributed by atoms with Crippen LogP contribution in [0.1, 0.15) is 19.3 Å². The van der Waals surface area contributed by atoms with Crippen LogP contribution in [-0.4, -0.2) is 40.5 Å². The Labute approximate surface area is 101 Å². The summed E-state index contributed by atoms with van der Waals surface area (Å²) in [7, 11) is -7.01. The molecule has 0 bridgehead atoms. The first-order valence-electron chi connectivity index (χ1n) is 4.61. The highest BCUT2D eigenvalue weighted by atomic mass is 32.2. The molecule has 100 valence electrons. The van der Waals surface area contributed by atoms with E-state index in [1.54, 1.807) is 0 Å². The SMILES string of the molecule is CS(=O)(=O)O.CS(=O)(=O)OCC1(CC#N)CC1. The van der Waals surface area contributed by atoms with Gasteiger partial charge in [0.15, 0.2) is 0 Å². The molecule has 1 fully saturated rings. The van der Waals surface area contributed by atoms with Gasteiger partial charge < -0.3 is 0 Å². The molecule has 0 aromatic carbocycles. The fraction of sp³-hybridized carbons (Fsp3) is 0.875. The molecule has 0 spiro atoms. The standard InChI is InChI=1S/C7H11NO3S.CH4O3S/c1-12(9,10)11-6-7(2-3-7)4-5-8;1-5(2,3)4/h2-4,6H2,1H3;1H3,(H,2,3,4). The van der Waals surface area contributed by atoms with Gasteiger partial charge in [0.1, 0.15) is 0 Å². The Morgan fingerprint density at radius 2 is 1.71 bits per heavy atom. The second-order valence-electron chi connectivity index (χ2n) is 4.03. The third-order valence-corrected chi connectivity index (χ3v) is 2.54. The number of rotatable bonds is 4. The molecule has 1 aliphatic carbocycles. The lowest BCUT2D eigenvalue weighted by molar-refractivity contribution is 0.244. The Hall–Kier alpha value is -0.690. The fourth-order valence-electron chi connectivity index (χ4n) is 0.949. The van der Waals surface area contributed by atoms with Crippen LogP contribution >= 0.6 is 0 Å². The van der Waals surface area contributed by atoms with Crippen LogP contribution in [0.3, 0.4) is 0 Å². The summed E-state index contributed by atoms with van der Waals surface area (Å²) in [5.41, 5.74) is -0.155. The van der Waals surface area contributed by atoms with Crippen molar-refractivity contribution < 1.29 is 25.6 Å². The second kappa shape index (κ2) is 5.77. The smallest absolute Gasteiger partial charge is 0.264 e. The van der Waals surface area contributed by atoms with Crippen LogP contribution in [0.2, 0.25) is 0 Å². The summed E-state index contributed by atoms with van der Waals surface area (Å²) in [6, 6.07) is 2.03. The normalized spacial score (nSPS) is 17.5. The van der Waals surface area contributed by atoms with E-state index in [9.17, 15) is 16.8 Å². The average Bonchev–Trinajstić information content (AvgIpc) is 2.79. The van der Waals surface area contributed by atoms with E-state index in [-0.39, 0.29) is 12.0 Å². The van der Waals surface area contributed by atoms with E-state index in [2.05, 4.69) is 4.18 Å². The van der Waals surface area contributed by atoms with Gasteiger partial charge in [-0.15, -0.1) is 0 Å². The van der Waals surface area contributed by atoms with Crippen molar-refractivity contribution in [1.29, 1.82) is 5.26 Å². The van der Waals surface area contributed by atoms with E-state index >= 15 is 0 Å². The third-order valence-electron chi connectivity index (χ3n) is 1.99. The Morgan fingerprint density at radius 1 is 1.29 bits per heavy atom. The number of hydrogen-bond donors (Lipinski definition) is 1. The minimum Gasteiger partial charge on any atom is -0.286 e. The van der Waals surface area contributed by atoms with Crippen LogP contribution in [0.5, 0.6) is 0 Å². The number of nitriles is 1. The van der Waals surface area contributed by atoms with Gasteiger partial charge in [-0.05, 0) is 12.8 Å². The maximum Gasteiger partial charge on any atom is 0.264 e. The zero-order chi connectivity index (χ0) is 13.7. The zero-order valence-corrected chi connectivity index (χ0v) is 11.2. The molecule has 0 aromatic rings. The molecule has 0 aromatic heterocycles. The van der Waals surface area contributed by atoms with Crippen molar-refractivity contribution >= 4 is 20.2 Å². The predicted octanol–water partition coefficient (Wildman–Crippen LogP) is 0.160. The molecule has 17 heavy (non-hydrogen) atoms. The molecule has 1 rings (SSSR count). The lowest BCUT2D eigenvalue weighted by atomic mass is 10.1. The summed E-state index contributed by atoms with van der Waals surface area (Å²) < 4.78 is 51.7. The first-order chi connectivity index (χ1) is 7.47. The Bertz CT molecular complexity index is 475. The topological polar surface area (TPSA) is 122 Å². The van der Waals surface area contributed by atoms with Gasteiger partial charge in [0.2, 0.25) is 0 Å². The van der Waals surface area contributed by atoms with E-state index in [0.717, 1.165) is 19.1 Å². The van der Waals surface area contributed by atoms with Gasteiger partial charge >= 0.3 is 0 Å². The van der Waals surface area contributed by atoms with Crippen LogP contribution < -0.4 is 0 Å². The molecule has 0 atom stereocenters. The second-order valence-corrected chi connectivity index (χ2v) is 7.14. The summed E-state index contributed by atoms with van der Waals surface area (Å²) in [4.78, 5) is 0. The molecule has 1 aliphatic rings. The van der Waals surface area contributed by atoms with Crippen LogP contribution in [0.4, 0.5) is 0 Å². The monoisotopic (exact) mass is 285 g/mol. The molecule has 1 saturated carbocycles. The largest absolute Gasteiger partial charge is 0.286 e. The molecular formula is C8H15NO6S2. The predicted molar refractivity (Wildman–Crippen MR) is 60.2 cm³/mol. The number of hydrogen-bond acceptors (Lipinski definition) is 6. The molecule has 0 heterocycles. The highest BCUT2D eigenvalue weighted by Gasteiger charge is 2.43. The fourth-order valence-corrected chi connectivity index (χ4v) is 1.41. The Kier molecular flexibility index (Phi) is 5.54. The van der Waals surface area contributed by atoms with E-state index in [0.29, 0.717) is 12.7 Å². The lowest BCUT2D eigenvalue weighted by Crippen LogP contribution is -2.13. The van der Waals surface area contributed by atoms with Gasteiger partial charge in [0.05, 0.1) is 25.2 Å². The van der Waals surface area contributed by atoms with Crippen molar-refractivity contribution in [2.45, 2.75) is 19.3 Å². The van der Waals surface area contributed by atoms with Crippen molar-refractivity contribution in [3.8, 4) is 6.07 Å². The van der Waals surface area contributed by atoms with E-state index in [4.69, 9.17) is 9.81 Å². The minimum atomic E-state index is -3.67. The van der Waals surface area contributed by atoms with Crippen molar-refractivity contribution in [3.63, 3.8) is 0 Å². The minimum absolute atomic E-state index is 0.155. The van der Waals surface area contributed by atoms with Gasteiger partial charge in [-0.1, -0.05) is 0 Å². The first-order valence-corrected chi connectivity index (χ1v) is 8.28. The molecule has 9 heteroatoms. The van der Waals surface area contributed by atoms with Gasteiger partial charge in [0.25, 0.3) is 20.2 Å². The van der Waals surface area contributed by atoms with Gasteiger partial charge in [0, 0.05) is 11.8 Å². The van der Waals surface area contributed by atoms with Gasteiger partial charge in [-0.3, -0.25) is 8.74 Å². The molecule has 0 saturated heterocycles. The van der Waals surface area contributed by atoms with Gasteiger partial charge in [-0.25, -0.2) is 0 Å². The van der Waals surface area contributed by atoms with Crippen molar-refractivity contribution in [2.75, 3.05) is 19.1 Å². The quantitative estimate of drug-likeness (QED) is 0.576. The maximum atomic E-state index is 10.6. The molecule has 0 radical (unpaired) electrons. The highest BCUT2D eigenvalue weighted by molar-refractivity contribution is 7.86. The summed E-state index contributed by atoms with van der Waals surface area (Å²) in [5, 5.41) is 8.42. The van der Waals surface area contributed by atoms with Crippen molar-refractivity contribution in [3.05, 3.63) is 0 Å². The number of nitrogens with zero attached hydrogens (tertiary/aromatic N) is 1. The van der Waals surface area contributed by atoms with Crippen LogP contribution in [0.15, 0.2) is 0 Å². The van der Waals surface area contributed by atoms with Crippen molar-refractivity contribution in [2.24, 2.45) is 5.41 Å². The molecule has 0 amide bonds. The van der Waals surface area contributed by atoms with Crippen LogP contribution in [-0.2, 0) is 24.4 Å². The zero-order valence-electron chi connectivity index (χ0n) is 9.58. The van der Waals surface area contributed by atoms with E-state index < -0.39 is 20.2 Å². The Balaban J connectivity index is 0.000000437. The molecule has 0 aliphatic heterocycles. The first kappa shape index (κ1) is 16.3. The summed E-state index contributed by atoms with van der Waals surface area (Å²) in [6.45, 7) is 0.166. The highest BCUT2D eigenvalue weighted by Crippen LogP contribution is 2.48. The molecule has 0 unspecified atom stereocenters. The van der Waals surface area contributed by atoms with Crippen molar-refractivity contribution in [1.82, 2.24) is 0 Å². The molecular weight excluding hydrogens is 270 g/mol. The molecule has 1 N–H and O–H groups in total. The maximum absolute atomic E-state index is 10.6. The average molecular weight is 285 g/mol. The van der Waals surface area contributed by atoms with Crippen LogP contribution in [0, 0.1) is 16.7 Å². The van der Waals surface area contributed by atoms with Gasteiger partial charge in [-0.2, -0.15) is 22.1 Å². The van der Waals surface area contributed by atoms with E-state index in [1.807, 2.05) is 6.07 Å². The Morgan fingerprint density at radius 3 is 1.94 bits per heavy atom. The summed E-state index contributed by atoms with van der Waals surface area (Å²) in [6.07, 6.45) is 3.93.